The number of hydrogen-bond donors (Lipinski definition) is 1. The average molecular weight is 232 g/mol. The summed E-state index contributed by atoms with van der Waals surface area (Å²) in [6, 6.07) is 9.29. The van der Waals surface area contributed by atoms with E-state index in [4.69, 9.17) is 5.73 Å². The fourth-order valence-corrected chi connectivity index (χ4v) is 3.53. The largest absolute Gasteiger partial charge is 0.366 e. The van der Waals surface area contributed by atoms with Crippen LogP contribution in [0, 0.1) is 0 Å². The topological polar surface area (TPSA) is 29.3 Å². The smallest absolute Gasteiger partial charge is 0.0576 e. The van der Waals surface area contributed by atoms with E-state index in [1.165, 1.54) is 28.6 Å². The monoisotopic (exact) mass is 232 g/mol. The lowest BCUT2D eigenvalue weighted by atomic mass is 10.2. The first-order valence-electron chi connectivity index (χ1n) is 5.83. The van der Waals surface area contributed by atoms with E-state index in [1.807, 2.05) is 11.3 Å². The Morgan fingerprint density at radius 2 is 2.31 bits per heavy atom. The highest BCUT2D eigenvalue weighted by atomic mass is 32.1. The van der Waals surface area contributed by atoms with Gasteiger partial charge in [-0.25, -0.2) is 0 Å². The fraction of sp³-hybridized carbons (Fsp3) is 0.385. The average Bonchev–Trinajstić information content (AvgIpc) is 2.96. The van der Waals surface area contributed by atoms with Crippen molar-refractivity contribution >= 4 is 27.1 Å². The summed E-state index contributed by atoms with van der Waals surface area (Å²) in [6.45, 7) is 1.92. The number of hydrogen-bond acceptors (Lipinski definition) is 3. The lowest BCUT2D eigenvalue weighted by Gasteiger charge is -2.26. The number of thiophene rings is 1. The summed E-state index contributed by atoms with van der Waals surface area (Å²) in [5, 5.41) is 3.52. The zero-order chi connectivity index (χ0) is 11.0. The maximum Gasteiger partial charge on any atom is 0.0576 e. The molecule has 1 saturated heterocycles. The molecule has 16 heavy (non-hydrogen) atoms. The molecule has 3 rings (SSSR count). The molecule has 1 unspecified atom stereocenters. The van der Waals surface area contributed by atoms with Gasteiger partial charge in [0.25, 0.3) is 0 Å². The third-order valence-corrected chi connectivity index (χ3v) is 4.37. The molecule has 1 atom stereocenters. The summed E-state index contributed by atoms with van der Waals surface area (Å²) < 4.78 is 1.41. The maximum absolute atomic E-state index is 5.84. The lowest BCUT2D eigenvalue weighted by molar-refractivity contribution is 0.679. The van der Waals surface area contributed by atoms with E-state index in [9.17, 15) is 0 Å². The van der Waals surface area contributed by atoms with Crippen LogP contribution in [0.2, 0.25) is 0 Å². The fourth-order valence-electron chi connectivity index (χ4n) is 2.60. The second-order valence-electron chi connectivity index (χ2n) is 4.34. The van der Waals surface area contributed by atoms with Gasteiger partial charge in [-0.3, -0.25) is 0 Å². The van der Waals surface area contributed by atoms with Crippen LogP contribution in [0.15, 0.2) is 29.6 Å². The number of nitrogens with two attached hydrogens (primary N) is 1. The molecule has 84 valence electrons. The summed E-state index contributed by atoms with van der Waals surface area (Å²) in [6.07, 6.45) is 2.50. The number of anilines is 1. The van der Waals surface area contributed by atoms with Crippen LogP contribution >= 0.6 is 11.3 Å². The molecule has 2 aromatic rings. The minimum absolute atomic E-state index is 0.535. The van der Waals surface area contributed by atoms with Gasteiger partial charge in [-0.15, -0.1) is 11.3 Å². The summed E-state index contributed by atoms with van der Waals surface area (Å²) in [4.78, 5) is 2.48. The zero-order valence-electron chi connectivity index (χ0n) is 9.23. The summed E-state index contributed by atoms with van der Waals surface area (Å²) in [5.74, 6) is 0. The van der Waals surface area contributed by atoms with Crippen molar-refractivity contribution in [3.63, 3.8) is 0 Å². The molecule has 2 heterocycles. The molecular weight excluding hydrogens is 216 g/mol. The molecule has 0 aliphatic carbocycles. The van der Waals surface area contributed by atoms with Gasteiger partial charge in [-0.05, 0) is 35.7 Å². The molecular formula is C13H16N2S. The maximum atomic E-state index is 5.84. The second kappa shape index (κ2) is 4.07. The Hall–Kier alpha value is -1.06. The minimum atomic E-state index is 0.535. The van der Waals surface area contributed by atoms with Crippen molar-refractivity contribution in [1.29, 1.82) is 0 Å². The summed E-state index contributed by atoms with van der Waals surface area (Å²) in [7, 11) is 0. The number of fused-ring (bicyclic) bond motifs is 1. The highest BCUT2D eigenvalue weighted by Crippen LogP contribution is 2.34. The van der Waals surface area contributed by atoms with E-state index in [2.05, 4.69) is 34.5 Å². The first kappa shape index (κ1) is 10.1. The predicted octanol–water partition coefficient (Wildman–Crippen LogP) is 2.83. The van der Waals surface area contributed by atoms with Gasteiger partial charge in [0.15, 0.2) is 0 Å². The first-order valence-corrected chi connectivity index (χ1v) is 6.71. The van der Waals surface area contributed by atoms with Crippen LogP contribution in [0.3, 0.4) is 0 Å². The van der Waals surface area contributed by atoms with Gasteiger partial charge in [-0.2, -0.15) is 0 Å². The molecule has 0 amide bonds. The Kier molecular flexibility index (Phi) is 2.58. The molecule has 1 aromatic heterocycles. The van der Waals surface area contributed by atoms with E-state index in [1.54, 1.807) is 0 Å². The third kappa shape index (κ3) is 1.51. The molecule has 2 nitrogen and oxygen atoms in total. The Morgan fingerprint density at radius 1 is 1.38 bits per heavy atom. The standard InChI is InChI=1S/C13H16N2S/c14-9-11-4-2-7-15(11)12-5-1-3-10-6-8-16-13(10)12/h1,3,5-6,8,11H,2,4,7,9,14H2. The Bertz CT molecular complexity index is 491. The van der Waals surface area contributed by atoms with Crippen molar-refractivity contribution in [2.75, 3.05) is 18.0 Å². The van der Waals surface area contributed by atoms with E-state index in [0.717, 1.165) is 13.1 Å². The summed E-state index contributed by atoms with van der Waals surface area (Å²) in [5.41, 5.74) is 7.22. The lowest BCUT2D eigenvalue weighted by Crippen LogP contribution is -2.35. The van der Waals surface area contributed by atoms with Crippen LogP contribution in [0.4, 0.5) is 5.69 Å². The number of nitrogens with zero attached hydrogens (tertiary/aromatic N) is 1. The normalized spacial score (nSPS) is 20.8. The van der Waals surface area contributed by atoms with Crippen molar-refractivity contribution in [3.8, 4) is 0 Å². The number of benzene rings is 1. The van der Waals surface area contributed by atoms with E-state index in [0.29, 0.717) is 6.04 Å². The first-order chi connectivity index (χ1) is 7.90. The van der Waals surface area contributed by atoms with Crippen molar-refractivity contribution in [3.05, 3.63) is 29.6 Å². The van der Waals surface area contributed by atoms with Gasteiger partial charge in [-0.1, -0.05) is 12.1 Å². The Balaban J connectivity index is 2.07. The Labute approximate surface area is 99.7 Å². The van der Waals surface area contributed by atoms with Gasteiger partial charge in [0.2, 0.25) is 0 Å². The van der Waals surface area contributed by atoms with Gasteiger partial charge in [0.1, 0.15) is 0 Å². The van der Waals surface area contributed by atoms with E-state index >= 15 is 0 Å². The molecule has 3 heteroatoms. The van der Waals surface area contributed by atoms with Gasteiger partial charge in [0.05, 0.1) is 10.4 Å². The van der Waals surface area contributed by atoms with E-state index < -0.39 is 0 Å². The van der Waals surface area contributed by atoms with Crippen LogP contribution < -0.4 is 10.6 Å². The predicted molar refractivity (Wildman–Crippen MR) is 71.2 cm³/mol. The quantitative estimate of drug-likeness (QED) is 0.862. The minimum Gasteiger partial charge on any atom is -0.366 e. The van der Waals surface area contributed by atoms with Crippen LogP contribution in [0.1, 0.15) is 12.8 Å². The second-order valence-corrected chi connectivity index (χ2v) is 5.26. The summed E-state index contributed by atoms with van der Waals surface area (Å²) >= 11 is 1.83. The highest BCUT2D eigenvalue weighted by molar-refractivity contribution is 7.17. The molecule has 1 aromatic carbocycles. The van der Waals surface area contributed by atoms with Gasteiger partial charge in [0, 0.05) is 19.1 Å². The molecule has 0 radical (unpaired) electrons. The molecule has 0 bridgehead atoms. The molecule has 0 spiro atoms. The molecule has 1 aliphatic rings. The highest BCUT2D eigenvalue weighted by Gasteiger charge is 2.24. The van der Waals surface area contributed by atoms with Crippen molar-refractivity contribution in [1.82, 2.24) is 0 Å². The van der Waals surface area contributed by atoms with Crippen molar-refractivity contribution in [2.45, 2.75) is 18.9 Å². The zero-order valence-corrected chi connectivity index (χ0v) is 10.0. The van der Waals surface area contributed by atoms with Gasteiger partial charge < -0.3 is 10.6 Å². The Morgan fingerprint density at radius 3 is 3.19 bits per heavy atom. The molecule has 2 N–H and O–H groups in total. The molecule has 1 fully saturated rings. The molecule has 0 saturated carbocycles. The van der Waals surface area contributed by atoms with Crippen molar-refractivity contribution in [2.24, 2.45) is 5.73 Å². The van der Waals surface area contributed by atoms with Crippen LogP contribution in [-0.4, -0.2) is 19.1 Å². The van der Waals surface area contributed by atoms with Crippen molar-refractivity contribution < 1.29 is 0 Å². The van der Waals surface area contributed by atoms with Gasteiger partial charge >= 0.3 is 0 Å². The van der Waals surface area contributed by atoms with Crippen LogP contribution in [-0.2, 0) is 0 Å². The third-order valence-electron chi connectivity index (χ3n) is 3.42. The number of rotatable bonds is 2. The van der Waals surface area contributed by atoms with Crippen LogP contribution in [0.25, 0.3) is 10.1 Å². The van der Waals surface area contributed by atoms with Crippen LogP contribution in [0.5, 0.6) is 0 Å². The SMILES string of the molecule is NCC1CCCN1c1cccc2ccsc12. The molecule has 1 aliphatic heterocycles. The van der Waals surface area contributed by atoms with E-state index in [-0.39, 0.29) is 0 Å².